The topological polar surface area (TPSA) is 3.24 Å². The number of nitrogens with zero attached hydrogens (tertiary/aromatic N) is 1. The fourth-order valence-electron chi connectivity index (χ4n) is 0.830. The number of unbranched alkanes of at least 4 members (excludes halogenated alkanes) is 1. The molecule has 0 radical (unpaired) electrons. The summed E-state index contributed by atoms with van der Waals surface area (Å²) in [5.41, 5.74) is 0. The van der Waals surface area contributed by atoms with E-state index >= 15 is 0 Å². The van der Waals surface area contributed by atoms with Gasteiger partial charge >= 0.3 is 0 Å². The smallest absolute Gasteiger partial charge is 0.147 e. The molecule has 0 aliphatic carbocycles. The minimum atomic E-state index is 1.02. The highest BCUT2D eigenvalue weighted by molar-refractivity contribution is 8.83. The Hall–Kier alpha value is 0.590. The Morgan fingerprint density at radius 3 is 2.31 bits per heavy atom. The number of hydrogen-bond donors (Lipinski definition) is 0. The van der Waals surface area contributed by atoms with Gasteiger partial charge in [-0.2, -0.15) is 0 Å². The van der Waals surface area contributed by atoms with Crippen LogP contribution in [-0.2, 0) is 0 Å². The Bertz CT molecular complexity index is 135. The predicted molar refractivity (Wildman–Crippen MR) is 70.5 cm³/mol. The third-order valence-corrected chi connectivity index (χ3v) is 4.86. The molecular weight excluding hydrogens is 218 g/mol. The van der Waals surface area contributed by atoms with E-state index in [1.54, 1.807) is 10.8 Å². The van der Waals surface area contributed by atoms with Gasteiger partial charge in [0.05, 0.1) is 0 Å². The summed E-state index contributed by atoms with van der Waals surface area (Å²) in [4.78, 5) is 2.22. The molecule has 0 unspecified atom stereocenters. The molecule has 4 heteroatoms. The van der Waals surface area contributed by atoms with Crippen molar-refractivity contribution in [3.05, 3.63) is 0 Å². The summed E-state index contributed by atoms with van der Waals surface area (Å²) in [6.07, 6.45) is 2.56. The lowest BCUT2D eigenvalue weighted by Crippen LogP contribution is -2.25. The van der Waals surface area contributed by atoms with Gasteiger partial charge in [0.2, 0.25) is 0 Å². The van der Waals surface area contributed by atoms with Crippen LogP contribution in [0, 0.1) is 0 Å². The van der Waals surface area contributed by atoms with Crippen LogP contribution in [0.5, 0.6) is 0 Å². The van der Waals surface area contributed by atoms with Crippen LogP contribution in [0.15, 0.2) is 0 Å². The van der Waals surface area contributed by atoms with Crippen LogP contribution in [0.4, 0.5) is 0 Å². The number of rotatable bonds is 6. The van der Waals surface area contributed by atoms with E-state index in [2.05, 4.69) is 25.7 Å². The van der Waals surface area contributed by atoms with Crippen LogP contribution >= 0.6 is 33.8 Å². The van der Waals surface area contributed by atoms with Crippen molar-refractivity contribution in [2.75, 3.05) is 18.8 Å². The maximum Gasteiger partial charge on any atom is 0.147 e. The normalized spacial score (nSPS) is 10.1. The molecule has 0 aromatic heterocycles. The lowest BCUT2D eigenvalue weighted by molar-refractivity contribution is 0.482. The van der Waals surface area contributed by atoms with Gasteiger partial charge in [-0.05, 0) is 31.1 Å². The molecule has 0 aliphatic rings. The maximum atomic E-state index is 5.29. The number of thiocarbonyl (C=S) groups is 1. The van der Waals surface area contributed by atoms with Gasteiger partial charge < -0.3 is 4.90 Å². The Balaban J connectivity index is 3.48. The van der Waals surface area contributed by atoms with Crippen molar-refractivity contribution in [3.8, 4) is 0 Å². The molecule has 13 heavy (non-hydrogen) atoms. The zero-order chi connectivity index (χ0) is 10.1. The molecule has 78 valence electrons. The standard InChI is InChI=1S/C9H19NS3/c1-4-7-8-12-13-9(11)10(5-2)6-3/h4-8H2,1-3H3. The van der Waals surface area contributed by atoms with Gasteiger partial charge in [0.15, 0.2) is 0 Å². The lowest BCUT2D eigenvalue weighted by Gasteiger charge is -2.20. The van der Waals surface area contributed by atoms with E-state index in [0.717, 1.165) is 17.4 Å². The van der Waals surface area contributed by atoms with Crippen LogP contribution in [0.1, 0.15) is 33.6 Å². The highest BCUT2D eigenvalue weighted by Gasteiger charge is 2.05. The molecule has 0 atom stereocenters. The fraction of sp³-hybridized carbons (Fsp3) is 0.889. The van der Waals surface area contributed by atoms with Crippen molar-refractivity contribution < 1.29 is 0 Å². The van der Waals surface area contributed by atoms with Crippen LogP contribution in [0.2, 0.25) is 0 Å². The summed E-state index contributed by atoms with van der Waals surface area (Å²) in [7, 11) is 3.63. The highest BCUT2D eigenvalue weighted by Crippen LogP contribution is 2.25. The van der Waals surface area contributed by atoms with Crippen molar-refractivity contribution >= 4 is 38.1 Å². The fourth-order valence-corrected chi connectivity index (χ4v) is 3.70. The van der Waals surface area contributed by atoms with E-state index in [-0.39, 0.29) is 0 Å². The van der Waals surface area contributed by atoms with E-state index in [1.807, 2.05) is 10.8 Å². The molecule has 0 N–H and O–H groups in total. The first-order chi connectivity index (χ1) is 6.26. The molecule has 1 nitrogen and oxygen atoms in total. The minimum Gasteiger partial charge on any atom is -0.357 e. The first-order valence-corrected chi connectivity index (χ1v) is 7.57. The Morgan fingerprint density at radius 1 is 1.23 bits per heavy atom. The summed E-state index contributed by atoms with van der Waals surface area (Å²) < 4.78 is 1.03. The van der Waals surface area contributed by atoms with Gasteiger partial charge in [-0.1, -0.05) is 36.4 Å². The van der Waals surface area contributed by atoms with Gasteiger partial charge in [-0.25, -0.2) is 0 Å². The van der Waals surface area contributed by atoms with Gasteiger partial charge in [-0.3, -0.25) is 0 Å². The summed E-state index contributed by atoms with van der Waals surface area (Å²) in [6, 6.07) is 0. The number of hydrogen-bond acceptors (Lipinski definition) is 3. The van der Waals surface area contributed by atoms with E-state index in [0.29, 0.717) is 0 Å². The van der Waals surface area contributed by atoms with Crippen molar-refractivity contribution in [2.24, 2.45) is 0 Å². The molecule has 0 aromatic rings. The van der Waals surface area contributed by atoms with Crippen molar-refractivity contribution in [2.45, 2.75) is 33.6 Å². The SMILES string of the molecule is CCCCSSC(=S)N(CC)CC. The molecule has 0 rings (SSSR count). The molecule has 0 aliphatic heterocycles. The van der Waals surface area contributed by atoms with Crippen LogP contribution in [0.25, 0.3) is 0 Å². The monoisotopic (exact) mass is 237 g/mol. The quantitative estimate of drug-likeness (QED) is 0.392. The second kappa shape index (κ2) is 9.16. The Labute approximate surface area is 95.4 Å². The van der Waals surface area contributed by atoms with Gasteiger partial charge in [-0.15, -0.1) is 0 Å². The Kier molecular flexibility index (Phi) is 9.57. The molecule has 0 fully saturated rings. The average molecular weight is 237 g/mol. The summed E-state index contributed by atoms with van der Waals surface area (Å²) in [6.45, 7) is 8.56. The summed E-state index contributed by atoms with van der Waals surface area (Å²) in [5, 5.41) is 0. The van der Waals surface area contributed by atoms with Crippen molar-refractivity contribution in [3.63, 3.8) is 0 Å². The van der Waals surface area contributed by atoms with Crippen molar-refractivity contribution in [1.29, 1.82) is 0 Å². The van der Waals surface area contributed by atoms with Gasteiger partial charge in [0, 0.05) is 18.8 Å². The largest absolute Gasteiger partial charge is 0.357 e. The molecule has 0 amide bonds. The summed E-state index contributed by atoms with van der Waals surface area (Å²) >= 11 is 5.29. The summed E-state index contributed by atoms with van der Waals surface area (Å²) in [5.74, 6) is 1.21. The van der Waals surface area contributed by atoms with Crippen molar-refractivity contribution in [1.82, 2.24) is 4.90 Å². The minimum absolute atomic E-state index is 1.02. The molecular formula is C9H19NS3. The molecule has 0 spiro atoms. The van der Waals surface area contributed by atoms with E-state index in [9.17, 15) is 0 Å². The zero-order valence-corrected chi connectivity index (χ0v) is 11.2. The second-order valence-corrected chi connectivity index (χ2v) is 5.75. The first kappa shape index (κ1) is 13.6. The van der Waals surface area contributed by atoms with Gasteiger partial charge in [0.25, 0.3) is 0 Å². The van der Waals surface area contributed by atoms with Crippen LogP contribution in [-0.4, -0.2) is 28.1 Å². The predicted octanol–water partition coefficient (Wildman–Crippen LogP) is 3.79. The lowest BCUT2D eigenvalue weighted by atomic mass is 10.4. The highest BCUT2D eigenvalue weighted by atomic mass is 33.1. The zero-order valence-electron chi connectivity index (χ0n) is 8.71. The second-order valence-electron chi connectivity index (χ2n) is 2.70. The molecule has 0 heterocycles. The van der Waals surface area contributed by atoms with E-state index < -0.39 is 0 Å². The molecule has 0 saturated carbocycles. The molecule has 0 aromatic carbocycles. The first-order valence-electron chi connectivity index (χ1n) is 4.84. The van der Waals surface area contributed by atoms with Crippen LogP contribution < -0.4 is 0 Å². The van der Waals surface area contributed by atoms with Crippen LogP contribution in [0.3, 0.4) is 0 Å². The molecule has 0 saturated heterocycles. The van der Waals surface area contributed by atoms with Gasteiger partial charge in [0.1, 0.15) is 4.32 Å². The van der Waals surface area contributed by atoms with E-state index in [4.69, 9.17) is 12.2 Å². The third-order valence-electron chi connectivity index (χ3n) is 1.73. The Morgan fingerprint density at radius 2 is 1.85 bits per heavy atom. The molecule has 0 bridgehead atoms. The van der Waals surface area contributed by atoms with E-state index in [1.165, 1.54) is 18.6 Å². The third kappa shape index (κ3) is 6.63. The maximum absolute atomic E-state index is 5.29. The average Bonchev–Trinajstić information content (AvgIpc) is 2.14.